The third-order valence-electron chi connectivity index (χ3n) is 3.76. The lowest BCUT2D eigenvalue weighted by Crippen LogP contribution is -2.41. The highest BCUT2D eigenvalue weighted by Gasteiger charge is 2.50. The SMILES string of the molecule is CC1(C)OB(/C=C/C2=CCCC2=O)OC1(C)C. The Morgan fingerprint density at radius 1 is 1.24 bits per heavy atom. The van der Waals surface area contributed by atoms with Crippen LogP contribution in [-0.2, 0) is 14.1 Å². The van der Waals surface area contributed by atoms with Gasteiger partial charge in [-0.05, 0) is 34.1 Å². The molecule has 17 heavy (non-hydrogen) atoms. The van der Waals surface area contributed by atoms with Crippen molar-refractivity contribution in [3.8, 4) is 0 Å². The quantitative estimate of drug-likeness (QED) is 0.688. The molecule has 0 atom stereocenters. The van der Waals surface area contributed by atoms with Gasteiger partial charge in [0.25, 0.3) is 0 Å². The van der Waals surface area contributed by atoms with Gasteiger partial charge in [-0.3, -0.25) is 4.79 Å². The number of Topliss-reactive ketones (excluding diaryl/α,β-unsaturated/α-hetero) is 1. The minimum Gasteiger partial charge on any atom is -0.400 e. The minimum absolute atomic E-state index is 0.206. The summed E-state index contributed by atoms with van der Waals surface area (Å²) in [6, 6.07) is 0. The molecule has 92 valence electrons. The Bertz CT molecular complexity index is 377. The molecule has 0 amide bonds. The van der Waals surface area contributed by atoms with Crippen LogP contribution in [0.5, 0.6) is 0 Å². The van der Waals surface area contributed by atoms with E-state index >= 15 is 0 Å². The van der Waals surface area contributed by atoms with Crippen molar-refractivity contribution in [1.82, 2.24) is 0 Å². The molecule has 0 saturated carbocycles. The number of allylic oxidation sites excluding steroid dienone is 3. The van der Waals surface area contributed by atoms with Gasteiger partial charge in [0.2, 0.25) is 0 Å². The van der Waals surface area contributed by atoms with Gasteiger partial charge >= 0.3 is 7.12 Å². The molecule has 1 heterocycles. The summed E-state index contributed by atoms with van der Waals surface area (Å²) in [5.41, 5.74) is 0.131. The third kappa shape index (κ3) is 2.38. The first-order valence-corrected chi connectivity index (χ1v) is 6.09. The van der Waals surface area contributed by atoms with Gasteiger partial charge in [-0.15, -0.1) is 0 Å². The van der Waals surface area contributed by atoms with Crippen molar-refractivity contribution < 1.29 is 14.1 Å². The molecule has 1 fully saturated rings. The number of carbonyl (C=O) groups is 1. The van der Waals surface area contributed by atoms with Crippen molar-refractivity contribution >= 4 is 12.9 Å². The largest absolute Gasteiger partial charge is 0.487 e. The summed E-state index contributed by atoms with van der Waals surface area (Å²) in [7, 11) is -0.366. The van der Waals surface area contributed by atoms with Crippen LogP contribution in [0.3, 0.4) is 0 Å². The molecule has 1 aliphatic heterocycles. The Morgan fingerprint density at radius 2 is 1.82 bits per heavy atom. The predicted molar refractivity (Wildman–Crippen MR) is 67.5 cm³/mol. The first kappa shape index (κ1) is 12.6. The van der Waals surface area contributed by atoms with E-state index in [1.54, 1.807) is 0 Å². The fourth-order valence-electron chi connectivity index (χ4n) is 1.93. The molecule has 0 unspecified atom stereocenters. The van der Waals surface area contributed by atoms with Crippen LogP contribution in [-0.4, -0.2) is 24.1 Å². The van der Waals surface area contributed by atoms with E-state index in [2.05, 4.69) is 0 Å². The average Bonchev–Trinajstić information content (AvgIpc) is 2.66. The van der Waals surface area contributed by atoms with Crippen molar-refractivity contribution in [2.75, 3.05) is 0 Å². The summed E-state index contributed by atoms with van der Waals surface area (Å²) < 4.78 is 11.6. The van der Waals surface area contributed by atoms with E-state index in [0.29, 0.717) is 6.42 Å². The second-order valence-electron chi connectivity index (χ2n) is 5.61. The molecule has 0 aromatic rings. The second-order valence-corrected chi connectivity index (χ2v) is 5.61. The van der Waals surface area contributed by atoms with E-state index in [-0.39, 0.29) is 24.1 Å². The first-order valence-electron chi connectivity index (χ1n) is 6.09. The topological polar surface area (TPSA) is 35.5 Å². The van der Waals surface area contributed by atoms with Crippen molar-refractivity contribution in [1.29, 1.82) is 0 Å². The number of ketones is 1. The third-order valence-corrected chi connectivity index (χ3v) is 3.76. The zero-order valence-corrected chi connectivity index (χ0v) is 10.9. The van der Waals surface area contributed by atoms with Gasteiger partial charge in [-0.25, -0.2) is 0 Å². The lowest BCUT2D eigenvalue weighted by molar-refractivity contribution is -0.114. The zero-order valence-electron chi connectivity index (χ0n) is 10.9. The molecule has 3 nitrogen and oxygen atoms in total. The van der Waals surface area contributed by atoms with Gasteiger partial charge in [0.1, 0.15) is 0 Å². The Labute approximate surface area is 103 Å². The normalized spacial score (nSPS) is 26.9. The fraction of sp³-hybridized carbons (Fsp3) is 0.615. The van der Waals surface area contributed by atoms with E-state index in [0.717, 1.165) is 12.0 Å². The standard InChI is InChI=1S/C13H19BO3/c1-12(2)13(3,4)17-14(16-12)9-8-10-6-5-7-11(10)15/h6,8-9H,5,7H2,1-4H3/b9-8+. The van der Waals surface area contributed by atoms with Gasteiger partial charge in [-0.1, -0.05) is 18.1 Å². The van der Waals surface area contributed by atoms with Crippen molar-refractivity contribution in [2.24, 2.45) is 0 Å². The lowest BCUT2D eigenvalue weighted by atomic mass is 9.89. The van der Waals surface area contributed by atoms with Crippen LogP contribution in [0.4, 0.5) is 0 Å². The Hall–Kier alpha value is -0.865. The summed E-state index contributed by atoms with van der Waals surface area (Å²) >= 11 is 0. The van der Waals surface area contributed by atoms with Crippen LogP contribution < -0.4 is 0 Å². The maximum atomic E-state index is 11.4. The molecular weight excluding hydrogens is 215 g/mol. The van der Waals surface area contributed by atoms with E-state index in [9.17, 15) is 4.79 Å². The van der Waals surface area contributed by atoms with Crippen molar-refractivity contribution in [2.45, 2.75) is 51.7 Å². The summed E-state index contributed by atoms with van der Waals surface area (Å²) in [4.78, 5) is 11.4. The zero-order chi connectivity index (χ0) is 12.7. The maximum Gasteiger partial charge on any atom is 0.487 e. The molecule has 2 aliphatic rings. The smallest absolute Gasteiger partial charge is 0.400 e. The Kier molecular flexibility index (Phi) is 3.04. The molecular formula is C13H19BO3. The Morgan fingerprint density at radius 3 is 2.29 bits per heavy atom. The molecule has 0 N–H and O–H groups in total. The van der Waals surface area contributed by atoms with E-state index in [4.69, 9.17) is 9.31 Å². The van der Waals surface area contributed by atoms with Crippen LogP contribution in [0.2, 0.25) is 0 Å². The molecule has 2 rings (SSSR count). The monoisotopic (exact) mass is 234 g/mol. The highest BCUT2D eigenvalue weighted by atomic mass is 16.7. The number of carbonyl (C=O) groups excluding carboxylic acids is 1. The van der Waals surface area contributed by atoms with Crippen LogP contribution >= 0.6 is 0 Å². The van der Waals surface area contributed by atoms with Crippen molar-refractivity contribution in [3.05, 3.63) is 23.7 Å². The fourth-order valence-corrected chi connectivity index (χ4v) is 1.93. The number of rotatable bonds is 2. The minimum atomic E-state index is -0.366. The van der Waals surface area contributed by atoms with E-state index in [1.807, 2.05) is 45.8 Å². The van der Waals surface area contributed by atoms with E-state index < -0.39 is 0 Å². The molecule has 1 saturated heterocycles. The molecule has 0 aromatic heterocycles. The van der Waals surface area contributed by atoms with Crippen LogP contribution in [0.25, 0.3) is 0 Å². The molecule has 0 radical (unpaired) electrons. The van der Waals surface area contributed by atoms with Gasteiger partial charge < -0.3 is 9.31 Å². The number of hydrogen-bond donors (Lipinski definition) is 0. The number of hydrogen-bond acceptors (Lipinski definition) is 3. The van der Waals surface area contributed by atoms with Crippen molar-refractivity contribution in [3.63, 3.8) is 0 Å². The first-order chi connectivity index (χ1) is 7.82. The summed E-state index contributed by atoms with van der Waals surface area (Å²) in [6.07, 6.45) is 5.26. The van der Waals surface area contributed by atoms with Crippen LogP contribution in [0.1, 0.15) is 40.5 Å². The maximum absolute atomic E-state index is 11.4. The highest BCUT2D eigenvalue weighted by molar-refractivity contribution is 6.51. The molecule has 0 spiro atoms. The second kappa shape index (κ2) is 4.11. The van der Waals surface area contributed by atoms with E-state index in [1.165, 1.54) is 0 Å². The average molecular weight is 234 g/mol. The molecule has 4 heteroatoms. The Balaban J connectivity index is 2.03. The molecule has 0 bridgehead atoms. The molecule has 0 aromatic carbocycles. The van der Waals surface area contributed by atoms with Gasteiger partial charge in [0, 0.05) is 12.0 Å². The van der Waals surface area contributed by atoms with Gasteiger partial charge in [0.05, 0.1) is 11.2 Å². The highest BCUT2D eigenvalue weighted by Crippen LogP contribution is 2.37. The molecule has 1 aliphatic carbocycles. The van der Waals surface area contributed by atoms with Gasteiger partial charge in [0.15, 0.2) is 5.78 Å². The summed E-state index contributed by atoms with van der Waals surface area (Å²) in [6.45, 7) is 8.06. The lowest BCUT2D eigenvalue weighted by Gasteiger charge is -2.32. The van der Waals surface area contributed by atoms with Crippen LogP contribution in [0, 0.1) is 0 Å². The summed E-state index contributed by atoms with van der Waals surface area (Å²) in [5, 5.41) is 0. The summed E-state index contributed by atoms with van der Waals surface area (Å²) in [5.74, 6) is 2.03. The van der Waals surface area contributed by atoms with Gasteiger partial charge in [-0.2, -0.15) is 0 Å². The van der Waals surface area contributed by atoms with Crippen LogP contribution in [0.15, 0.2) is 23.7 Å². The predicted octanol–water partition coefficient (Wildman–Crippen LogP) is 2.46.